The molecule has 3 aromatic heterocycles. The minimum absolute atomic E-state index is 0.0616. The van der Waals surface area contributed by atoms with Crippen LogP contribution >= 0.6 is 0 Å². The first-order chi connectivity index (χ1) is 30.1. The second-order valence-corrected chi connectivity index (χ2v) is 18.0. The molecule has 3 aliphatic heterocycles. The lowest BCUT2D eigenvalue weighted by atomic mass is 10.0. The van der Waals surface area contributed by atoms with Crippen molar-refractivity contribution in [3.05, 3.63) is 119 Å². The number of likely N-dealkylation sites (tertiary alicyclic amines) is 1. The number of piperidine rings is 1. The fourth-order valence-corrected chi connectivity index (χ4v) is 9.84. The molecule has 3 fully saturated rings. The Labute approximate surface area is 359 Å². The summed E-state index contributed by atoms with van der Waals surface area (Å²) in [6.07, 6.45) is 11.1. The SMILES string of the molecule is CN1CCC(n2nccc2C2CCCN2c2ccc(-c3ccc(C(=O)NS(=O)(=O)c4ccc(NCC5CCOCC5)c([N+](=O)[O-])c4)c(Oc4cnc5[nH]ccc5c4)c3)cc2)CC1. The van der Waals surface area contributed by atoms with Crippen molar-refractivity contribution in [3.8, 4) is 22.6 Å². The van der Waals surface area contributed by atoms with Gasteiger partial charge in [-0.2, -0.15) is 5.10 Å². The fourth-order valence-electron chi connectivity index (χ4n) is 8.86. The van der Waals surface area contributed by atoms with Crippen molar-refractivity contribution in [1.29, 1.82) is 0 Å². The number of rotatable bonds is 13. The van der Waals surface area contributed by atoms with Crippen LogP contribution in [0.2, 0.25) is 0 Å². The average Bonchev–Trinajstić information content (AvgIpc) is 4.08. The summed E-state index contributed by atoms with van der Waals surface area (Å²) in [6.45, 7) is 4.78. The number of nitrogens with zero attached hydrogens (tertiary/aromatic N) is 6. The number of hydrogen-bond donors (Lipinski definition) is 3. The minimum Gasteiger partial charge on any atom is -0.455 e. The second kappa shape index (κ2) is 17.6. The summed E-state index contributed by atoms with van der Waals surface area (Å²) in [5.41, 5.74) is 4.31. The van der Waals surface area contributed by atoms with Gasteiger partial charge in [-0.3, -0.25) is 19.6 Å². The summed E-state index contributed by atoms with van der Waals surface area (Å²) in [5.74, 6) is -0.272. The van der Waals surface area contributed by atoms with E-state index >= 15 is 0 Å². The standard InChI is InChI=1S/C45H49N9O7S/c1-51-21-14-35(15-22-51)53-41(13-19-49-53)40-3-2-20-52(40)34-7-4-31(5-8-34)32-6-10-38(43(26-32)61-36-25-33-12-18-46-44(33)48-29-36)45(55)50-62(58,59)37-9-11-39(42(27-37)54(56)57)47-28-30-16-23-60-24-17-30/h4-13,18-19,25-27,29-30,35,40,47H,2-3,14-17,20-24,28H2,1H3,(H,46,48)(H,50,55). The van der Waals surface area contributed by atoms with Gasteiger partial charge >= 0.3 is 0 Å². The molecule has 3 aromatic carbocycles. The predicted octanol–water partition coefficient (Wildman–Crippen LogP) is 7.69. The van der Waals surface area contributed by atoms with E-state index in [4.69, 9.17) is 14.6 Å². The molecule has 0 radical (unpaired) electrons. The van der Waals surface area contributed by atoms with Crippen molar-refractivity contribution in [3.63, 3.8) is 0 Å². The van der Waals surface area contributed by atoms with Crippen molar-refractivity contribution < 1.29 is 27.6 Å². The van der Waals surface area contributed by atoms with Gasteiger partial charge in [-0.1, -0.05) is 18.2 Å². The Kier molecular flexibility index (Phi) is 11.7. The highest BCUT2D eigenvalue weighted by Crippen LogP contribution is 2.40. The van der Waals surface area contributed by atoms with E-state index in [1.54, 1.807) is 24.4 Å². The zero-order valence-electron chi connectivity index (χ0n) is 34.4. The van der Waals surface area contributed by atoms with E-state index < -0.39 is 31.4 Å². The maximum absolute atomic E-state index is 13.9. The Balaban J connectivity index is 0.966. The van der Waals surface area contributed by atoms with E-state index in [0.717, 1.165) is 86.4 Å². The number of nitrogens with one attached hydrogen (secondary N) is 3. The van der Waals surface area contributed by atoms with Gasteiger partial charge in [0.05, 0.1) is 39.4 Å². The van der Waals surface area contributed by atoms with Gasteiger partial charge in [0.15, 0.2) is 0 Å². The molecule has 9 rings (SSSR count). The smallest absolute Gasteiger partial charge is 0.293 e. The molecule has 1 atom stereocenters. The van der Waals surface area contributed by atoms with Crippen LogP contribution in [0.25, 0.3) is 22.2 Å². The summed E-state index contributed by atoms with van der Waals surface area (Å²) in [6, 6.07) is 23.1. The maximum Gasteiger partial charge on any atom is 0.293 e. The number of nitro groups is 1. The van der Waals surface area contributed by atoms with Gasteiger partial charge in [-0.15, -0.1) is 0 Å². The molecule has 6 heterocycles. The van der Waals surface area contributed by atoms with Crippen LogP contribution in [0.5, 0.6) is 11.5 Å². The van der Waals surface area contributed by atoms with E-state index in [1.807, 2.05) is 24.4 Å². The van der Waals surface area contributed by atoms with Crippen LogP contribution in [-0.4, -0.2) is 90.3 Å². The number of carbonyl (C=O) groups excluding carboxylic acids is 1. The van der Waals surface area contributed by atoms with Crippen LogP contribution in [-0.2, 0) is 14.8 Å². The summed E-state index contributed by atoms with van der Waals surface area (Å²) >= 11 is 0. The van der Waals surface area contributed by atoms with Crippen LogP contribution in [0, 0.1) is 16.0 Å². The Bertz CT molecular complexity index is 2690. The number of sulfonamides is 1. The highest BCUT2D eigenvalue weighted by atomic mass is 32.2. The fraction of sp³-hybridized carbons (Fsp3) is 0.356. The van der Waals surface area contributed by atoms with Crippen LogP contribution in [0.3, 0.4) is 0 Å². The van der Waals surface area contributed by atoms with Crippen molar-refractivity contribution >= 4 is 44.0 Å². The lowest BCUT2D eigenvalue weighted by molar-refractivity contribution is -0.384. The normalized spacial score (nSPS) is 18.0. The third-order valence-corrected chi connectivity index (χ3v) is 13.6. The molecule has 3 saturated heterocycles. The van der Waals surface area contributed by atoms with E-state index in [0.29, 0.717) is 37.2 Å². The number of aromatic nitrogens is 4. The molecule has 322 valence electrons. The Hall–Kier alpha value is -6.30. The molecule has 0 bridgehead atoms. The first-order valence-electron chi connectivity index (χ1n) is 21.1. The summed E-state index contributed by atoms with van der Waals surface area (Å²) in [7, 11) is -2.40. The van der Waals surface area contributed by atoms with Crippen molar-refractivity contribution in [1.82, 2.24) is 29.4 Å². The number of pyridine rings is 1. The lowest BCUT2D eigenvalue weighted by Gasteiger charge is -2.33. The largest absolute Gasteiger partial charge is 0.455 e. The van der Waals surface area contributed by atoms with E-state index in [9.17, 15) is 23.3 Å². The molecule has 1 amide bonds. The molecule has 3 aliphatic rings. The van der Waals surface area contributed by atoms with Crippen molar-refractivity contribution in [2.45, 2.75) is 55.5 Å². The zero-order chi connectivity index (χ0) is 42.8. The van der Waals surface area contributed by atoms with Gasteiger partial charge in [0, 0.05) is 55.8 Å². The molecule has 17 heteroatoms. The maximum atomic E-state index is 13.9. The van der Waals surface area contributed by atoms with E-state index in [2.05, 4.69) is 59.7 Å². The third-order valence-electron chi connectivity index (χ3n) is 12.3. The number of benzene rings is 3. The predicted molar refractivity (Wildman–Crippen MR) is 235 cm³/mol. The van der Waals surface area contributed by atoms with Gasteiger partial charge in [0.25, 0.3) is 21.6 Å². The average molecular weight is 860 g/mol. The molecule has 1 unspecified atom stereocenters. The number of carbonyl (C=O) groups is 1. The second-order valence-electron chi connectivity index (χ2n) is 16.3. The summed E-state index contributed by atoms with van der Waals surface area (Å²) < 4.78 is 43.4. The van der Waals surface area contributed by atoms with Gasteiger partial charge in [0.1, 0.15) is 22.8 Å². The van der Waals surface area contributed by atoms with Crippen LogP contribution in [0.4, 0.5) is 17.1 Å². The first-order valence-corrected chi connectivity index (χ1v) is 22.6. The summed E-state index contributed by atoms with van der Waals surface area (Å²) in [5, 5.41) is 20.8. The van der Waals surface area contributed by atoms with Gasteiger partial charge in [-0.25, -0.2) is 18.1 Å². The van der Waals surface area contributed by atoms with Gasteiger partial charge < -0.3 is 29.6 Å². The molecular formula is C45H49N9O7S. The molecular weight excluding hydrogens is 811 g/mol. The van der Waals surface area contributed by atoms with Gasteiger partial charge in [-0.05, 0) is 130 Å². The summed E-state index contributed by atoms with van der Waals surface area (Å²) in [4.78, 5) is 37.2. The number of aromatic amines is 1. The van der Waals surface area contributed by atoms with Crippen LogP contribution in [0.15, 0.2) is 102 Å². The quantitative estimate of drug-likeness (QED) is 0.0760. The number of fused-ring (bicyclic) bond motifs is 1. The van der Waals surface area contributed by atoms with E-state index in [-0.39, 0.29) is 29.0 Å². The topological polar surface area (TPSA) is 190 Å². The van der Waals surface area contributed by atoms with E-state index in [1.165, 1.54) is 30.1 Å². The highest BCUT2D eigenvalue weighted by Gasteiger charge is 2.32. The Morgan fingerprint density at radius 3 is 2.53 bits per heavy atom. The molecule has 62 heavy (non-hydrogen) atoms. The number of H-pyrrole nitrogens is 1. The zero-order valence-corrected chi connectivity index (χ0v) is 35.2. The molecule has 6 aromatic rings. The molecule has 0 aliphatic carbocycles. The highest BCUT2D eigenvalue weighted by molar-refractivity contribution is 7.90. The van der Waals surface area contributed by atoms with Crippen molar-refractivity contribution in [2.24, 2.45) is 5.92 Å². The number of nitro benzene ring substituents is 1. The first kappa shape index (κ1) is 41.1. The monoisotopic (exact) mass is 859 g/mol. The molecule has 0 spiro atoms. The lowest BCUT2D eigenvalue weighted by Crippen LogP contribution is -2.33. The molecule has 3 N–H and O–H groups in total. The Morgan fingerprint density at radius 1 is 0.952 bits per heavy atom. The number of ether oxygens (including phenoxy) is 2. The Morgan fingerprint density at radius 2 is 1.74 bits per heavy atom. The third kappa shape index (κ3) is 8.73. The van der Waals surface area contributed by atoms with Gasteiger partial charge in [0.2, 0.25) is 0 Å². The van der Waals surface area contributed by atoms with Crippen LogP contribution in [0.1, 0.15) is 66.7 Å². The molecule has 16 nitrogen and oxygen atoms in total. The molecule has 0 saturated carbocycles. The number of amides is 1. The minimum atomic E-state index is -4.57. The number of hydrogen-bond acceptors (Lipinski definition) is 12. The van der Waals surface area contributed by atoms with Crippen LogP contribution < -0.4 is 19.7 Å². The van der Waals surface area contributed by atoms with Crippen molar-refractivity contribution in [2.75, 3.05) is 56.7 Å². The number of anilines is 2.